The normalized spacial score (nSPS) is 12.6. The molecule has 1 aromatic carbocycles. The van der Waals surface area contributed by atoms with Gasteiger partial charge >= 0.3 is 6.36 Å². The summed E-state index contributed by atoms with van der Waals surface area (Å²) in [5, 5.41) is 7.21. The first-order valence-corrected chi connectivity index (χ1v) is 8.43. The van der Waals surface area contributed by atoms with Crippen LogP contribution in [0.3, 0.4) is 0 Å². The van der Waals surface area contributed by atoms with Crippen LogP contribution in [0.5, 0.6) is 5.75 Å². The Morgan fingerprint density at radius 3 is 2.50 bits per heavy atom. The van der Waals surface area contributed by atoms with Crippen molar-refractivity contribution in [1.29, 1.82) is 0 Å². The number of hydrogen-bond donors (Lipinski definition) is 1. The third-order valence-electron chi connectivity index (χ3n) is 4.02. The number of nitrogens with zero attached hydrogens (tertiary/aromatic N) is 2. The van der Waals surface area contributed by atoms with E-state index in [1.54, 1.807) is 16.8 Å². The van der Waals surface area contributed by atoms with Gasteiger partial charge in [0.1, 0.15) is 17.6 Å². The number of alkyl halides is 3. The Hall–Kier alpha value is -3.23. The van der Waals surface area contributed by atoms with E-state index in [-0.39, 0.29) is 23.9 Å². The Bertz CT molecular complexity index is 932. The van der Waals surface area contributed by atoms with Gasteiger partial charge in [0.15, 0.2) is 0 Å². The molecule has 28 heavy (non-hydrogen) atoms. The van der Waals surface area contributed by atoms with E-state index in [1.807, 2.05) is 19.9 Å². The van der Waals surface area contributed by atoms with E-state index in [9.17, 15) is 18.0 Å². The highest BCUT2D eigenvalue weighted by Gasteiger charge is 2.31. The minimum absolute atomic E-state index is 0.190. The highest BCUT2D eigenvalue weighted by Crippen LogP contribution is 2.23. The predicted molar refractivity (Wildman–Crippen MR) is 94.0 cm³/mol. The summed E-state index contributed by atoms with van der Waals surface area (Å²) in [6.45, 7) is 3.96. The van der Waals surface area contributed by atoms with Crippen molar-refractivity contribution in [3.8, 4) is 5.75 Å². The fourth-order valence-corrected chi connectivity index (χ4v) is 2.85. The van der Waals surface area contributed by atoms with Crippen molar-refractivity contribution in [2.45, 2.75) is 26.3 Å². The molecule has 0 fully saturated rings. The minimum Gasteiger partial charge on any atom is -0.467 e. The number of halogens is 3. The van der Waals surface area contributed by atoms with Gasteiger partial charge in [-0.05, 0) is 56.3 Å². The molecule has 0 aliphatic carbocycles. The van der Waals surface area contributed by atoms with E-state index in [0.717, 1.165) is 23.5 Å². The molecule has 6 nitrogen and oxygen atoms in total. The first kappa shape index (κ1) is 19.5. The molecule has 1 amide bonds. The maximum absolute atomic E-state index is 12.4. The van der Waals surface area contributed by atoms with Gasteiger partial charge in [-0.1, -0.05) is 0 Å². The zero-order valence-corrected chi connectivity index (χ0v) is 15.2. The standard InChI is InChI=1S/C19H18F3N3O3/c1-12-10-13(2)25(24-12)16(17-4-3-9-27-17)11-23-18(26)14-5-7-15(8-6-14)28-19(20,21)22/h3-10,16H,11H2,1-2H3,(H,23,26)/t16-/m0/s1. The summed E-state index contributed by atoms with van der Waals surface area (Å²) in [6, 6.07) is 9.80. The van der Waals surface area contributed by atoms with Crippen LogP contribution in [-0.2, 0) is 0 Å². The molecule has 3 aromatic rings. The average molecular weight is 393 g/mol. The first-order valence-electron chi connectivity index (χ1n) is 8.43. The van der Waals surface area contributed by atoms with Crippen LogP contribution >= 0.6 is 0 Å². The smallest absolute Gasteiger partial charge is 0.467 e. The number of nitrogens with one attached hydrogen (secondary N) is 1. The molecule has 0 aliphatic heterocycles. The summed E-state index contributed by atoms with van der Waals surface area (Å²) in [7, 11) is 0. The number of ether oxygens (including phenoxy) is 1. The molecule has 1 atom stereocenters. The maximum Gasteiger partial charge on any atom is 0.573 e. The van der Waals surface area contributed by atoms with Gasteiger partial charge in [0.05, 0.1) is 12.0 Å². The number of aromatic nitrogens is 2. The molecular formula is C19H18F3N3O3. The molecule has 0 bridgehead atoms. The van der Waals surface area contributed by atoms with Crippen LogP contribution in [0.15, 0.2) is 53.1 Å². The van der Waals surface area contributed by atoms with Crippen molar-refractivity contribution in [2.24, 2.45) is 0 Å². The topological polar surface area (TPSA) is 69.3 Å². The van der Waals surface area contributed by atoms with Crippen LogP contribution in [0.25, 0.3) is 0 Å². The quantitative estimate of drug-likeness (QED) is 0.687. The number of hydrogen-bond acceptors (Lipinski definition) is 4. The highest BCUT2D eigenvalue weighted by molar-refractivity contribution is 5.94. The van der Waals surface area contributed by atoms with E-state index in [1.165, 1.54) is 18.4 Å². The van der Waals surface area contributed by atoms with Crippen LogP contribution in [0.1, 0.15) is 33.5 Å². The van der Waals surface area contributed by atoms with Crippen LogP contribution in [0.4, 0.5) is 13.2 Å². The third kappa shape index (κ3) is 4.73. The Labute approximate surface area is 158 Å². The molecule has 148 valence electrons. The van der Waals surface area contributed by atoms with Crippen molar-refractivity contribution in [2.75, 3.05) is 6.54 Å². The van der Waals surface area contributed by atoms with Gasteiger partial charge in [-0.25, -0.2) is 0 Å². The Morgan fingerprint density at radius 1 is 1.25 bits per heavy atom. The van der Waals surface area contributed by atoms with Crippen molar-refractivity contribution < 1.29 is 27.1 Å². The molecule has 0 spiro atoms. The molecule has 9 heteroatoms. The van der Waals surface area contributed by atoms with Gasteiger partial charge in [0, 0.05) is 17.8 Å². The summed E-state index contributed by atoms with van der Waals surface area (Å²) >= 11 is 0. The Balaban J connectivity index is 1.71. The van der Waals surface area contributed by atoms with Crippen LogP contribution < -0.4 is 10.1 Å². The van der Waals surface area contributed by atoms with Crippen LogP contribution in [-0.4, -0.2) is 28.6 Å². The van der Waals surface area contributed by atoms with Crippen LogP contribution in [0.2, 0.25) is 0 Å². The molecule has 0 unspecified atom stereocenters. The number of carbonyl (C=O) groups is 1. The maximum atomic E-state index is 12.4. The minimum atomic E-state index is -4.78. The molecule has 2 aromatic heterocycles. The number of aryl methyl sites for hydroxylation is 2. The fraction of sp³-hybridized carbons (Fsp3) is 0.263. The summed E-state index contributed by atoms with van der Waals surface area (Å²) < 4.78 is 47.7. The lowest BCUT2D eigenvalue weighted by Gasteiger charge is -2.18. The van der Waals surface area contributed by atoms with Crippen molar-refractivity contribution in [3.05, 3.63) is 71.4 Å². The van der Waals surface area contributed by atoms with Gasteiger partial charge in [-0.15, -0.1) is 13.2 Å². The summed E-state index contributed by atoms with van der Waals surface area (Å²) in [6.07, 6.45) is -3.24. The largest absolute Gasteiger partial charge is 0.573 e. The van der Waals surface area contributed by atoms with E-state index in [4.69, 9.17) is 4.42 Å². The second kappa shape index (κ2) is 7.79. The second-order valence-electron chi connectivity index (χ2n) is 6.19. The zero-order chi connectivity index (χ0) is 20.3. The SMILES string of the molecule is Cc1cc(C)n([C@@H](CNC(=O)c2ccc(OC(F)(F)F)cc2)c2ccco2)n1. The number of rotatable bonds is 6. The fourth-order valence-electron chi connectivity index (χ4n) is 2.85. The van der Waals surface area contributed by atoms with Gasteiger partial charge in [0.25, 0.3) is 5.91 Å². The predicted octanol–water partition coefficient (Wildman–Crippen LogP) is 4.01. The number of benzene rings is 1. The molecule has 2 heterocycles. The zero-order valence-electron chi connectivity index (χ0n) is 15.2. The van der Waals surface area contributed by atoms with E-state index in [2.05, 4.69) is 15.2 Å². The summed E-state index contributed by atoms with van der Waals surface area (Å²) in [5.74, 6) is -0.197. The average Bonchev–Trinajstić information content (AvgIpc) is 3.24. The number of amides is 1. The monoisotopic (exact) mass is 393 g/mol. The van der Waals surface area contributed by atoms with Crippen molar-refractivity contribution in [1.82, 2.24) is 15.1 Å². The van der Waals surface area contributed by atoms with E-state index < -0.39 is 12.3 Å². The van der Waals surface area contributed by atoms with Gasteiger partial charge in [-0.3, -0.25) is 9.48 Å². The lowest BCUT2D eigenvalue weighted by molar-refractivity contribution is -0.274. The number of carbonyl (C=O) groups excluding carboxylic acids is 1. The summed E-state index contributed by atoms with van der Waals surface area (Å²) in [4.78, 5) is 12.4. The molecular weight excluding hydrogens is 375 g/mol. The molecule has 1 N–H and O–H groups in total. The lowest BCUT2D eigenvalue weighted by Crippen LogP contribution is -2.32. The van der Waals surface area contributed by atoms with Crippen LogP contribution in [0, 0.1) is 13.8 Å². The van der Waals surface area contributed by atoms with E-state index >= 15 is 0 Å². The highest BCUT2D eigenvalue weighted by atomic mass is 19.4. The molecule has 0 aliphatic rings. The van der Waals surface area contributed by atoms with Gasteiger partial charge < -0.3 is 14.5 Å². The molecule has 0 saturated heterocycles. The van der Waals surface area contributed by atoms with Gasteiger partial charge in [-0.2, -0.15) is 5.10 Å². The number of furan rings is 1. The van der Waals surface area contributed by atoms with Gasteiger partial charge in [0.2, 0.25) is 0 Å². The second-order valence-corrected chi connectivity index (χ2v) is 6.19. The Kier molecular flexibility index (Phi) is 5.43. The Morgan fingerprint density at radius 2 is 1.96 bits per heavy atom. The molecule has 3 rings (SSSR count). The summed E-state index contributed by atoms with van der Waals surface area (Å²) in [5.41, 5.74) is 1.95. The lowest BCUT2D eigenvalue weighted by atomic mass is 10.2. The first-order chi connectivity index (χ1) is 13.2. The van der Waals surface area contributed by atoms with Crippen molar-refractivity contribution in [3.63, 3.8) is 0 Å². The van der Waals surface area contributed by atoms with E-state index in [0.29, 0.717) is 5.76 Å². The third-order valence-corrected chi connectivity index (χ3v) is 4.02. The molecule has 0 saturated carbocycles. The molecule has 0 radical (unpaired) electrons. The van der Waals surface area contributed by atoms with Crippen molar-refractivity contribution >= 4 is 5.91 Å².